The molecule has 1 heterocycles. The summed E-state index contributed by atoms with van der Waals surface area (Å²) in [5.41, 5.74) is 0.982. The van der Waals surface area contributed by atoms with Crippen LogP contribution in [0.15, 0.2) is 24.3 Å². The van der Waals surface area contributed by atoms with Gasteiger partial charge in [-0.1, -0.05) is 25.1 Å². The van der Waals surface area contributed by atoms with E-state index in [1.807, 2.05) is 24.3 Å². The predicted molar refractivity (Wildman–Crippen MR) is 76.3 cm³/mol. The van der Waals surface area contributed by atoms with Crippen molar-refractivity contribution in [1.82, 2.24) is 4.90 Å². The number of para-hydroxylation sites is 1. The van der Waals surface area contributed by atoms with Gasteiger partial charge in [-0.3, -0.25) is 4.79 Å². The largest absolute Gasteiger partial charge is 0.496 e. The molecule has 1 aromatic carbocycles. The molecule has 1 aliphatic rings. The van der Waals surface area contributed by atoms with Crippen molar-refractivity contribution >= 4 is 5.91 Å². The van der Waals surface area contributed by atoms with Crippen molar-refractivity contribution in [1.29, 1.82) is 0 Å². The van der Waals surface area contributed by atoms with Crippen molar-refractivity contribution in [3.05, 3.63) is 29.8 Å². The summed E-state index contributed by atoms with van der Waals surface area (Å²) < 4.78 is 5.32. The number of amides is 1. The lowest BCUT2D eigenvalue weighted by atomic mass is 9.99. The van der Waals surface area contributed by atoms with Gasteiger partial charge in [0.1, 0.15) is 5.75 Å². The fraction of sp³-hybridized carbons (Fsp3) is 0.562. The van der Waals surface area contributed by atoms with Crippen molar-refractivity contribution in [2.24, 2.45) is 0 Å². The number of likely N-dealkylation sites (tertiary alicyclic amines) is 1. The topological polar surface area (TPSA) is 29.5 Å². The second-order valence-electron chi connectivity index (χ2n) is 5.13. The molecule has 2 rings (SSSR count). The van der Waals surface area contributed by atoms with Crippen LogP contribution in [0, 0.1) is 0 Å². The monoisotopic (exact) mass is 261 g/mol. The Hall–Kier alpha value is -1.51. The van der Waals surface area contributed by atoms with E-state index in [1.54, 1.807) is 7.11 Å². The summed E-state index contributed by atoms with van der Waals surface area (Å²) in [5.74, 6) is 1.04. The average molecular weight is 261 g/mol. The molecular weight excluding hydrogens is 238 g/mol. The Morgan fingerprint density at radius 1 is 1.37 bits per heavy atom. The van der Waals surface area contributed by atoms with Crippen molar-refractivity contribution in [2.45, 2.75) is 45.1 Å². The number of hydrogen-bond acceptors (Lipinski definition) is 2. The molecule has 0 aliphatic carbocycles. The number of methoxy groups -OCH3 is 1. The van der Waals surface area contributed by atoms with E-state index < -0.39 is 0 Å². The highest BCUT2D eigenvalue weighted by Gasteiger charge is 2.25. The van der Waals surface area contributed by atoms with Crippen LogP contribution in [0.5, 0.6) is 5.75 Å². The minimum Gasteiger partial charge on any atom is -0.496 e. The first-order chi connectivity index (χ1) is 9.26. The lowest BCUT2D eigenvalue weighted by molar-refractivity contribution is -0.134. The van der Waals surface area contributed by atoms with E-state index in [0.717, 1.165) is 37.1 Å². The molecule has 1 atom stereocenters. The molecule has 0 unspecified atom stereocenters. The highest BCUT2D eigenvalue weighted by Crippen LogP contribution is 2.23. The average Bonchev–Trinajstić information content (AvgIpc) is 2.47. The predicted octanol–water partition coefficient (Wildman–Crippen LogP) is 3.03. The zero-order chi connectivity index (χ0) is 13.7. The Kier molecular flexibility index (Phi) is 4.83. The van der Waals surface area contributed by atoms with Crippen molar-refractivity contribution < 1.29 is 9.53 Å². The zero-order valence-electron chi connectivity index (χ0n) is 11.9. The first-order valence-corrected chi connectivity index (χ1v) is 7.17. The van der Waals surface area contributed by atoms with Gasteiger partial charge in [0.05, 0.1) is 13.5 Å². The summed E-state index contributed by atoms with van der Waals surface area (Å²) in [5, 5.41) is 0. The maximum Gasteiger partial charge on any atom is 0.227 e. The molecule has 0 aromatic heterocycles. The lowest BCUT2D eigenvalue weighted by Gasteiger charge is -2.35. The normalized spacial score (nSPS) is 19.3. The minimum atomic E-state index is 0.232. The Morgan fingerprint density at radius 2 is 2.16 bits per heavy atom. The molecule has 3 heteroatoms. The molecule has 1 fully saturated rings. The van der Waals surface area contributed by atoms with Crippen LogP contribution in [0.25, 0.3) is 0 Å². The molecule has 0 bridgehead atoms. The molecule has 1 saturated heterocycles. The van der Waals surface area contributed by atoms with Gasteiger partial charge in [-0.05, 0) is 31.7 Å². The Balaban J connectivity index is 2.07. The molecule has 0 radical (unpaired) electrons. The van der Waals surface area contributed by atoms with Gasteiger partial charge in [0.15, 0.2) is 0 Å². The summed E-state index contributed by atoms with van der Waals surface area (Å²) >= 11 is 0. The van der Waals surface area contributed by atoms with Crippen LogP contribution in [0.2, 0.25) is 0 Å². The van der Waals surface area contributed by atoms with E-state index in [2.05, 4.69) is 11.8 Å². The summed E-state index contributed by atoms with van der Waals surface area (Å²) in [6.45, 7) is 3.08. The summed E-state index contributed by atoms with van der Waals surface area (Å²) in [6, 6.07) is 8.20. The van der Waals surface area contributed by atoms with Crippen LogP contribution in [-0.4, -0.2) is 30.5 Å². The number of rotatable bonds is 4. The third kappa shape index (κ3) is 3.28. The Bertz CT molecular complexity index is 431. The molecule has 19 heavy (non-hydrogen) atoms. The van der Waals surface area contributed by atoms with Gasteiger partial charge in [-0.2, -0.15) is 0 Å². The number of ether oxygens (including phenoxy) is 1. The van der Waals surface area contributed by atoms with E-state index in [1.165, 1.54) is 6.42 Å². The van der Waals surface area contributed by atoms with Crippen LogP contribution >= 0.6 is 0 Å². The second kappa shape index (κ2) is 6.60. The molecule has 0 N–H and O–H groups in total. The third-order valence-corrected chi connectivity index (χ3v) is 3.95. The van der Waals surface area contributed by atoms with Crippen LogP contribution in [0.3, 0.4) is 0 Å². The molecule has 1 amide bonds. The van der Waals surface area contributed by atoms with E-state index >= 15 is 0 Å². The number of carbonyl (C=O) groups excluding carboxylic acids is 1. The van der Waals surface area contributed by atoms with Crippen LogP contribution in [0.1, 0.15) is 38.2 Å². The van der Waals surface area contributed by atoms with E-state index in [-0.39, 0.29) is 5.91 Å². The Labute approximate surface area is 115 Å². The molecular formula is C16H23NO2. The zero-order valence-corrected chi connectivity index (χ0v) is 11.9. The third-order valence-electron chi connectivity index (χ3n) is 3.95. The van der Waals surface area contributed by atoms with E-state index in [4.69, 9.17) is 4.74 Å². The van der Waals surface area contributed by atoms with E-state index in [0.29, 0.717) is 12.5 Å². The van der Waals surface area contributed by atoms with Crippen LogP contribution in [-0.2, 0) is 11.2 Å². The smallest absolute Gasteiger partial charge is 0.227 e. The number of benzene rings is 1. The summed E-state index contributed by atoms with van der Waals surface area (Å²) in [4.78, 5) is 14.5. The van der Waals surface area contributed by atoms with Gasteiger partial charge >= 0.3 is 0 Å². The quantitative estimate of drug-likeness (QED) is 0.833. The van der Waals surface area contributed by atoms with E-state index in [9.17, 15) is 4.79 Å². The fourth-order valence-corrected chi connectivity index (χ4v) is 2.87. The van der Waals surface area contributed by atoms with Gasteiger partial charge in [-0.15, -0.1) is 0 Å². The van der Waals surface area contributed by atoms with Crippen molar-refractivity contribution in [2.75, 3.05) is 13.7 Å². The molecule has 104 valence electrons. The van der Waals surface area contributed by atoms with Gasteiger partial charge in [-0.25, -0.2) is 0 Å². The minimum absolute atomic E-state index is 0.232. The standard InChI is InChI=1S/C16H23NO2/c1-3-14-9-6-7-11-17(14)16(18)12-13-8-4-5-10-15(13)19-2/h4-5,8,10,14H,3,6-7,9,11-12H2,1-2H3/t14-/m0/s1. The van der Waals surface area contributed by atoms with Crippen molar-refractivity contribution in [3.63, 3.8) is 0 Å². The lowest BCUT2D eigenvalue weighted by Crippen LogP contribution is -2.44. The molecule has 1 aliphatic heterocycles. The highest BCUT2D eigenvalue weighted by molar-refractivity contribution is 5.80. The van der Waals surface area contributed by atoms with Gasteiger partial charge < -0.3 is 9.64 Å². The molecule has 1 aromatic rings. The first kappa shape index (κ1) is 13.9. The molecule has 3 nitrogen and oxygen atoms in total. The van der Waals surface area contributed by atoms with Crippen LogP contribution < -0.4 is 4.74 Å². The maximum atomic E-state index is 12.5. The molecule has 0 saturated carbocycles. The van der Waals surface area contributed by atoms with Gasteiger partial charge in [0.2, 0.25) is 5.91 Å². The SMILES string of the molecule is CC[C@H]1CCCCN1C(=O)Cc1ccccc1OC. The van der Waals surface area contributed by atoms with Crippen molar-refractivity contribution in [3.8, 4) is 5.75 Å². The van der Waals surface area contributed by atoms with Gasteiger partial charge in [0, 0.05) is 18.2 Å². The summed E-state index contributed by atoms with van der Waals surface area (Å²) in [7, 11) is 1.65. The van der Waals surface area contributed by atoms with Crippen LogP contribution in [0.4, 0.5) is 0 Å². The second-order valence-corrected chi connectivity index (χ2v) is 5.13. The summed E-state index contributed by atoms with van der Waals surface area (Å²) in [6.07, 6.45) is 5.03. The number of nitrogens with zero attached hydrogens (tertiary/aromatic N) is 1. The first-order valence-electron chi connectivity index (χ1n) is 7.17. The highest BCUT2D eigenvalue weighted by atomic mass is 16.5. The van der Waals surface area contributed by atoms with Gasteiger partial charge in [0.25, 0.3) is 0 Å². The number of hydrogen-bond donors (Lipinski definition) is 0. The Morgan fingerprint density at radius 3 is 2.89 bits per heavy atom. The maximum absolute atomic E-state index is 12.5. The number of piperidine rings is 1. The fourth-order valence-electron chi connectivity index (χ4n) is 2.87. The number of carbonyl (C=O) groups is 1. The molecule has 0 spiro atoms.